The Morgan fingerprint density at radius 2 is 1.92 bits per heavy atom. The van der Waals surface area contributed by atoms with E-state index in [1.807, 2.05) is 24.3 Å². The van der Waals surface area contributed by atoms with Gasteiger partial charge >= 0.3 is 5.97 Å². The summed E-state index contributed by atoms with van der Waals surface area (Å²) < 4.78 is 15.7. The Hall–Kier alpha value is -2.76. The Morgan fingerprint density at radius 3 is 2.50 bits per heavy atom. The predicted molar refractivity (Wildman–Crippen MR) is 96.6 cm³/mol. The van der Waals surface area contributed by atoms with Gasteiger partial charge in [0.25, 0.3) is 5.91 Å². The molecule has 0 radical (unpaired) electrons. The van der Waals surface area contributed by atoms with E-state index in [-0.39, 0.29) is 31.6 Å². The fourth-order valence-corrected chi connectivity index (χ4v) is 2.51. The molecule has 0 aliphatic rings. The van der Waals surface area contributed by atoms with Crippen molar-refractivity contribution in [1.82, 2.24) is 4.90 Å². The summed E-state index contributed by atoms with van der Waals surface area (Å²) >= 11 is 0. The normalized spacial score (nSPS) is 11.7. The summed E-state index contributed by atoms with van der Waals surface area (Å²) in [5.74, 6) is 0.245. The lowest BCUT2D eigenvalue weighted by atomic mass is 10.1. The fraction of sp³-hybridized carbons (Fsp3) is 0.400. The maximum Gasteiger partial charge on any atom is 0.310 e. The Kier molecular flexibility index (Phi) is 7.26. The number of methoxy groups -OCH3 is 1. The third kappa shape index (κ3) is 5.65. The molecule has 2 rings (SSSR count). The van der Waals surface area contributed by atoms with Crippen molar-refractivity contribution >= 4 is 11.9 Å². The summed E-state index contributed by atoms with van der Waals surface area (Å²) in [5, 5.41) is 0. The molecule has 1 amide bonds. The maximum absolute atomic E-state index is 12.6. The van der Waals surface area contributed by atoms with E-state index in [0.29, 0.717) is 11.5 Å². The second kappa shape index (κ2) is 9.65. The van der Waals surface area contributed by atoms with Gasteiger partial charge in [0.05, 0.1) is 25.8 Å². The molecular weight excluding hydrogens is 334 g/mol. The van der Waals surface area contributed by atoms with Gasteiger partial charge in [-0.2, -0.15) is 0 Å². The van der Waals surface area contributed by atoms with E-state index in [4.69, 9.17) is 13.9 Å². The SMILES string of the molecule is CCc1ccc(OCC(=O)N(Cc2ccco2)CC(C)C(=O)OC)cc1. The van der Waals surface area contributed by atoms with E-state index in [1.165, 1.54) is 12.7 Å². The van der Waals surface area contributed by atoms with Crippen LogP contribution in [0.15, 0.2) is 47.1 Å². The Morgan fingerprint density at radius 1 is 1.19 bits per heavy atom. The first-order valence-electron chi connectivity index (χ1n) is 8.63. The number of amides is 1. The molecule has 0 aliphatic carbocycles. The molecule has 0 bridgehead atoms. The average molecular weight is 359 g/mol. The molecule has 0 N–H and O–H groups in total. The second-order valence-corrected chi connectivity index (χ2v) is 6.06. The number of furan rings is 1. The van der Waals surface area contributed by atoms with E-state index in [0.717, 1.165) is 6.42 Å². The van der Waals surface area contributed by atoms with Crippen LogP contribution in [0.2, 0.25) is 0 Å². The zero-order valence-corrected chi connectivity index (χ0v) is 15.4. The molecule has 1 aromatic heterocycles. The summed E-state index contributed by atoms with van der Waals surface area (Å²) in [6.45, 7) is 4.18. The number of aryl methyl sites for hydroxylation is 1. The van der Waals surface area contributed by atoms with Gasteiger partial charge in [-0.25, -0.2) is 0 Å². The van der Waals surface area contributed by atoms with Gasteiger partial charge < -0.3 is 18.8 Å². The first-order chi connectivity index (χ1) is 12.5. The smallest absolute Gasteiger partial charge is 0.310 e. The van der Waals surface area contributed by atoms with Crippen LogP contribution in [-0.2, 0) is 27.3 Å². The van der Waals surface area contributed by atoms with E-state index in [2.05, 4.69) is 6.92 Å². The van der Waals surface area contributed by atoms with Gasteiger partial charge in [0.2, 0.25) is 0 Å². The number of hydrogen-bond acceptors (Lipinski definition) is 5. The minimum Gasteiger partial charge on any atom is -0.484 e. The molecule has 140 valence electrons. The molecule has 26 heavy (non-hydrogen) atoms. The Labute approximate surface area is 153 Å². The second-order valence-electron chi connectivity index (χ2n) is 6.06. The first-order valence-corrected chi connectivity index (χ1v) is 8.63. The Balaban J connectivity index is 1.99. The van der Waals surface area contributed by atoms with Crippen LogP contribution in [0.25, 0.3) is 0 Å². The molecule has 1 atom stereocenters. The number of hydrogen-bond donors (Lipinski definition) is 0. The minimum absolute atomic E-state index is 0.111. The topological polar surface area (TPSA) is 69.0 Å². The van der Waals surface area contributed by atoms with Gasteiger partial charge in [0.15, 0.2) is 6.61 Å². The lowest BCUT2D eigenvalue weighted by Crippen LogP contribution is -2.39. The van der Waals surface area contributed by atoms with Crippen molar-refractivity contribution < 1.29 is 23.5 Å². The van der Waals surface area contributed by atoms with Crippen molar-refractivity contribution in [2.45, 2.75) is 26.8 Å². The number of nitrogens with zero attached hydrogens (tertiary/aromatic N) is 1. The molecule has 6 nitrogen and oxygen atoms in total. The lowest BCUT2D eigenvalue weighted by Gasteiger charge is -2.24. The van der Waals surface area contributed by atoms with Gasteiger partial charge in [-0.1, -0.05) is 26.0 Å². The van der Waals surface area contributed by atoms with E-state index in [9.17, 15) is 9.59 Å². The molecule has 2 aromatic rings. The summed E-state index contributed by atoms with van der Waals surface area (Å²) in [7, 11) is 1.33. The number of carbonyl (C=O) groups is 2. The Bertz CT molecular complexity index is 694. The van der Waals surface area contributed by atoms with Crippen LogP contribution < -0.4 is 4.74 Å². The molecule has 1 heterocycles. The summed E-state index contributed by atoms with van der Waals surface area (Å²) in [4.78, 5) is 25.9. The fourth-order valence-electron chi connectivity index (χ4n) is 2.51. The van der Waals surface area contributed by atoms with Crippen LogP contribution in [-0.4, -0.2) is 37.0 Å². The van der Waals surface area contributed by atoms with E-state index >= 15 is 0 Å². The van der Waals surface area contributed by atoms with Crippen molar-refractivity contribution in [3.63, 3.8) is 0 Å². The monoisotopic (exact) mass is 359 g/mol. The molecule has 1 aromatic carbocycles. The first kappa shape index (κ1) is 19.6. The van der Waals surface area contributed by atoms with Crippen molar-refractivity contribution in [2.75, 3.05) is 20.3 Å². The molecule has 0 spiro atoms. The van der Waals surface area contributed by atoms with Crippen LogP contribution in [0.4, 0.5) is 0 Å². The van der Waals surface area contributed by atoms with Gasteiger partial charge in [0.1, 0.15) is 11.5 Å². The van der Waals surface area contributed by atoms with Crippen LogP contribution in [0.5, 0.6) is 5.75 Å². The van der Waals surface area contributed by atoms with Crippen molar-refractivity contribution in [3.8, 4) is 5.75 Å². The van der Waals surface area contributed by atoms with Crippen LogP contribution >= 0.6 is 0 Å². The van der Waals surface area contributed by atoms with Crippen molar-refractivity contribution in [1.29, 1.82) is 0 Å². The highest BCUT2D eigenvalue weighted by Crippen LogP contribution is 2.14. The number of benzene rings is 1. The highest BCUT2D eigenvalue weighted by Gasteiger charge is 2.23. The minimum atomic E-state index is -0.442. The zero-order chi connectivity index (χ0) is 18.9. The predicted octanol–water partition coefficient (Wildman–Crippen LogP) is 3.06. The number of esters is 1. The maximum atomic E-state index is 12.6. The average Bonchev–Trinajstić information content (AvgIpc) is 3.18. The zero-order valence-electron chi connectivity index (χ0n) is 15.4. The quantitative estimate of drug-likeness (QED) is 0.644. The van der Waals surface area contributed by atoms with Gasteiger partial charge in [0, 0.05) is 6.54 Å². The third-order valence-corrected chi connectivity index (χ3v) is 4.07. The molecular formula is C20H25NO5. The van der Waals surface area contributed by atoms with Crippen LogP contribution in [0, 0.1) is 5.92 Å². The molecule has 0 fully saturated rings. The largest absolute Gasteiger partial charge is 0.484 e. The van der Waals surface area contributed by atoms with Crippen molar-refractivity contribution in [2.24, 2.45) is 5.92 Å². The summed E-state index contributed by atoms with van der Waals surface area (Å²) in [6, 6.07) is 11.2. The van der Waals surface area contributed by atoms with Crippen LogP contribution in [0.3, 0.4) is 0 Å². The van der Waals surface area contributed by atoms with Crippen LogP contribution in [0.1, 0.15) is 25.2 Å². The molecule has 0 saturated carbocycles. The third-order valence-electron chi connectivity index (χ3n) is 4.07. The molecule has 1 unspecified atom stereocenters. The number of rotatable bonds is 9. The lowest BCUT2D eigenvalue weighted by molar-refractivity contribution is -0.147. The molecule has 6 heteroatoms. The van der Waals surface area contributed by atoms with Gasteiger partial charge in [-0.3, -0.25) is 9.59 Å². The standard InChI is InChI=1S/C20H25NO5/c1-4-16-7-9-17(10-8-16)26-14-19(22)21(12-15(2)20(23)24-3)13-18-6-5-11-25-18/h5-11,15H,4,12-14H2,1-3H3. The van der Waals surface area contributed by atoms with E-state index in [1.54, 1.807) is 30.2 Å². The number of ether oxygens (including phenoxy) is 2. The molecule has 0 saturated heterocycles. The highest BCUT2D eigenvalue weighted by molar-refractivity contribution is 5.79. The molecule has 0 aliphatic heterocycles. The van der Waals surface area contributed by atoms with E-state index < -0.39 is 5.92 Å². The highest BCUT2D eigenvalue weighted by atomic mass is 16.5. The van der Waals surface area contributed by atoms with Gasteiger partial charge in [-0.05, 0) is 36.2 Å². The summed E-state index contributed by atoms with van der Waals surface area (Å²) in [6.07, 6.45) is 2.50. The van der Waals surface area contributed by atoms with Gasteiger partial charge in [-0.15, -0.1) is 0 Å². The number of carbonyl (C=O) groups excluding carboxylic acids is 2. The summed E-state index contributed by atoms with van der Waals surface area (Å²) in [5.41, 5.74) is 1.20. The van der Waals surface area contributed by atoms with Crippen molar-refractivity contribution in [3.05, 3.63) is 54.0 Å².